The molecule has 0 atom stereocenters. The molecule has 1 heterocycles. The van der Waals surface area contributed by atoms with Gasteiger partial charge in [-0.25, -0.2) is 0 Å². The number of carbonyl (C=O) groups excluding carboxylic acids is 2. The van der Waals surface area contributed by atoms with Crippen LogP contribution in [-0.4, -0.2) is 29.8 Å². The maximum absolute atomic E-state index is 12.6. The van der Waals surface area contributed by atoms with Crippen molar-refractivity contribution in [2.45, 2.75) is 44.9 Å². The van der Waals surface area contributed by atoms with Crippen molar-refractivity contribution in [1.82, 2.24) is 4.90 Å². The van der Waals surface area contributed by atoms with Gasteiger partial charge in [0.2, 0.25) is 11.8 Å². The second-order valence-electron chi connectivity index (χ2n) is 6.93. The van der Waals surface area contributed by atoms with E-state index < -0.39 is 0 Å². The quantitative estimate of drug-likeness (QED) is 0.837. The Morgan fingerprint density at radius 3 is 2.38 bits per heavy atom. The molecule has 0 unspecified atom stereocenters. The largest absolute Gasteiger partial charge is 0.342 e. The van der Waals surface area contributed by atoms with E-state index in [0.29, 0.717) is 19.0 Å². The molecule has 1 aromatic carbocycles. The van der Waals surface area contributed by atoms with Crippen LogP contribution in [0, 0.1) is 11.8 Å². The smallest absolute Gasteiger partial charge is 0.227 e. The summed E-state index contributed by atoms with van der Waals surface area (Å²) in [5.41, 5.74) is 0.815. The van der Waals surface area contributed by atoms with Gasteiger partial charge in [0.1, 0.15) is 0 Å². The lowest BCUT2D eigenvalue weighted by Gasteiger charge is -2.34. The van der Waals surface area contributed by atoms with Gasteiger partial charge < -0.3 is 10.2 Å². The minimum atomic E-state index is -0.000567. The molecular formula is C19H25BrN2O2. The summed E-state index contributed by atoms with van der Waals surface area (Å²) in [6, 6.07) is 7.64. The zero-order valence-electron chi connectivity index (χ0n) is 14.0. The summed E-state index contributed by atoms with van der Waals surface area (Å²) >= 11 is 3.41. The Morgan fingerprint density at radius 1 is 1.00 bits per heavy atom. The normalized spacial score (nSPS) is 20.0. The monoisotopic (exact) mass is 392 g/mol. The van der Waals surface area contributed by atoms with Crippen LogP contribution in [0.4, 0.5) is 5.69 Å². The molecule has 0 radical (unpaired) electrons. The Balaban J connectivity index is 1.49. The third kappa shape index (κ3) is 4.38. The van der Waals surface area contributed by atoms with E-state index in [-0.39, 0.29) is 17.7 Å². The summed E-state index contributed by atoms with van der Waals surface area (Å²) < 4.78 is 0.952. The van der Waals surface area contributed by atoms with Crippen molar-refractivity contribution in [1.29, 1.82) is 0 Å². The summed E-state index contributed by atoms with van der Waals surface area (Å²) in [5.74, 6) is 0.614. The molecule has 3 rings (SSSR count). The van der Waals surface area contributed by atoms with Crippen LogP contribution in [0.5, 0.6) is 0 Å². The number of anilines is 1. The lowest BCUT2D eigenvalue weighted by atomic mass is 9.87. The minimum Gasteiger partial charge on any atom is -0.342 e. The molecule has 4 nitrogen and oxygen atoms in total. The second-order valence-corrected chi connectivity index (χ2v) is 7.85. The molecule has 1 saturated heterocycles. The third-order valence-corrected chi connectivity index (χ3v) is 5.72. The molecule has 2 amide bonds. The van der Waals surface area contributed by atoms with E-state index in [4.69, 9.17) is 0 Å². The number of hydrogen-bond donors (Lipinski definition) is 1. The number of amides is 2. The predicted octanol–water partition coefficient (Wildman–Crippen LogP) is 4.21. The Hall–Kier alpha value is -1.36. The summed E-state index contributed by atoms with van der Waals surface area (Å²) in [4.78, 5) is 27.0. The number of carbonyl (C=O) groups is 2. The molecule has 0 spiro atoms. The number of benzene rings is 1. The average Bonchev–Trinajstić information content (AvgIpc) is 2.62. The molecule has 5 heteroatoms. The highest BCUT2D eigenvalue weighted by Crippen LogP contribution is 2.28. The van der Waals surface area contributed by atoms with E-state index in [1.54, 1.807) is 0 Å². The standard InChI is InChI=1S/C19H25BrN2O2/c20-16-7-4-8-17(13-16)21-18(23)14-9-11-22(12-10-14)19(24)15-5-2-1-3-6-15/h4,7-8,13-15H,1-3,5-6,9-12H2,(H,21,23). The summed E-state index contributed by atoms with van der Waals surface area (Å²) in [6.45, 7) is 1.43. The third-order valence-electron chi connectivity index (χ3n) is 5.22. The molecule has 2 fully saturated rings. The van der Waals surface area contributed by atoms with Crippen LogP contribution in [0.25, 0.3) is 0 Å². The minimum absolute atomic E-state index is 0.000567. The van der Waals surface area contributed by atoms with Crippen molar-refractivity contribution in [3.05, 3.63) is 28.7 Å². The Labute approximate surface area is 152 Å². The van der Waals surface area contributed by atoms with Crippen LogP contribution in [-0.2, 0) is 9.59 Å². The van der Waals surface area contributed by atoms with Crippen LogP contribution in [0.3, 0.4) is 0 Å². The summed E-state index contributed by atoms with van der Waals surface area (Å²) in [7, 11) is 0. The fourth-order valence-corrected chi connectivity index (χ4v) is 4.18. The number of nitrogens with zero attached hydrogens (tertiary/aromatic N) is 1. The highest BCUT2D eigenvalue weighted by atomic mass is 79.9. The van der Waals surface area contributed by atoms with E-state index in [0.717, 1.165) is 35.8 Å². The van der Waals surface area contributed by atoms with Crippen molar-refractivity contribution in [3.8, 4) is 0 Å². The van der Waals surface area contributed by atoms with E-state index >= 15 is 0 Å². The van der Waals surface area contributed by atoms with Gasteiger partial charge in [-0.2, -0.15) is 0 Å². The van der Waals surface area contributed by atoms with Gasteiger partial charge in [-0.3, -0.25) is 9.59 Å². The van der Waals surface area contributed by atoms with E-state index in [2.05, 4.69) is 21.2 Å². The molecule has 24 heavy (non-hydrogen) atoms. The van der Waals surface area contributed by atoms with E-state index in [1.165, 1.54) is 19.3 Å². The molecule has 130 valence electrons. The molecular weight excluding hydrogens is 368 g/mol. The zero-order chi connectivity index (χ0) is 16.9. The molecule has 2 aliphatic rings. The van der Waals surface area contributed by atoms with Crippen LogP contribution in [0.2, 0.25) is 0 Å². The summed E-state index contributed by atoms with van der Waals surface area (Å²) in [5, 5.41) is 2.99. The fraction of sp³-hybridized carbons (Fsp3) is 0.579. The van der Waals surface area contributed by atoms with Crippen molar-refractivity contribution in [3.63, 3.8) is 0 Å². The first kappa shape index (κ1) is 17.5. The molecule has 1 aliphatic carbocycles. The van der Waals surface area contributed by atoms with Gasteiger partial charge in [0.05, 0.1) is 0 Å². The van der Waals surface area contributed by atoms with Crippen molar-refractivity contribution in [2.75, 3.05) is 18.4 Å². The molecule has 1 aromatic rings. The van der Waals surface area contributed by atoms with Crippen molar-refractivity contribution >= 4 is 33.4 Å². The number of rotatable bonds is 3. The van der Waals surface area contributed by atoms with Crippen LogP contribution in [0.15, 0.2) is 28.7 Å². The highest BCUT2D eigenvalue weighted by Gasteiger charge is 2.31. The second kappa shape index (κ2) is 8.15. The van der Waals surface area contributed by atoms with Gasteiger partial charge in [0.25, 0.3) is 0 Å². The fourth-order valence-electron chi connectivity index (χ4n) is 3.78. The van der Waals surface area contributed by atoms with Crippen LogP contribution >= 0.6 is 15.9 Å². The molecule has 0 aromatic heterocycles. The molecule has 1 aliphatic heterocycles. The lowest BCUT2D eigenvalue weighted by Crippen LogP contribution is -2.44. The van der Waals surface area contributed by atoms with Gasteiger partial charge in [-0.1, -0.05) is 41.3 Å². The van der Waals surface area contributed by atoms with Gasteiger partial charge in [-0.15, -0.1) is 0 Å². The highest BCUT2D eigenvalue weighted by molar-refractivity contribution is 9.10. The number of hydrogen-bond acceptors (Lipinski definition) is 2. The summed E-state index contributed by atoms with van der Waals surface area (Å²) in [6.07, 6.45) is 7.24. The zero-order valence-corrected chi connectivity index (χ0v) is 15.6. The van der Waals surface area contributed by atoms with Gasteiger partial charge >= 0.3 is 0 Å². The Kier molecular flexibility index (Phi) is 5.93. The predicted molar refractivity (Wildman–Crippen MR) is 98.7 cm³/mol. The van der Waals surface area contributed by atoms with Crippen LogP contribution in [0.1, 0.15) is 44.9 Å². The Morgan fingerprint density at radius 2 is 1.71 bits per heavy atom. The molecule has 1 saturated carbocycles. The van der Waals surface area contributed by atoms with Gasteiger partial charge in [0, 0.05) is 35.1 Å². The average molecular weight is 393 g/mol. The first-order valence-electron chi connectivity index (χ1n) is 8.99. The molecule has 0 bridgehead atoms. The first-order chi connectivity index (χ1) is 11.6. The number of likely N-dealkylation sites (tertiary alicyclic amines) is 1. The van der Waals surface area contributed by atoms with E-state index in [1.807, 2.05) is 29.2 Å². The topological polar surface area (TPSA) is 49.4 Å². The number of nitrogens with one attached hydrogen (secondary N) is 1. The van der Waals surface area contributed by atoms with Crippen molar-refractivity contribution < 1.29 is 9.59 Å². The lowest BCUT2D eigenvalue weighted by molar-refractivity contribution is -0.139. The number of piperidine rings is 1. The van der Waals surface area contributed by atoms with E-state index in [9.17, 15) is 9.59 Å². The Bertz CT molecular complexity index is 591. The first-order valence-corrected chi connectivity index (χ1v) is 9.78. The van der Waals surface area contributed by atoms with Gasteiger partial charge in [-0.05, 0) is 43.9 Å². The van der Waals surface area contributed by atoms with Gasteiger partial charge in [0.15, 0.2) is 0 Å². The number of halogens is 1. The molecule has 1 N–H and O–H groups in total. The van der Waals surface area contributed by atoms with Crippen LogP contribution < -0.4 is 5.32 Å². The van der Waals surface area contributed by atoms with Crippen molar-refractivity contribution in [2.24, 2.45) is 11.8 Å². The maximum Gasteiger partial charge on any atom is 0.227 e. The maximum atomic E-state index is 12.6. The SMILES string of the molecule is O=C(Nc1cccc(Br)c1)C1CCN(C(=O)C2CCCCC2)CC1.